The number of hydrogen-bond acceptors (Lipinski definition) is 7. The lowest BCUT2D eigenvalue weighted by Crippen LogP contribution is -2.50. The second-order valence-corrected chi connectivity index (χ2v) is 15.2. The van der Waals surface area contributed by atoms with E-state index < -0.39 is 65.6 Å². The van der Waals surface area contributed by atoms with Gasteiger partial charge in [-0.1, -0.05) is 84.9 Å². The van der Waals surface area contributed by atoms with Crippen molar-refractivity contribution in [3.8, 4) is 0 Å². The molecule has 330 valence electrons. The average molecular weight is 883 g/mol. The van der Waals surface area contributed by atoms with Crippen LogP contribution in [0.1, 0.15) is 54.1 Å². The maximum absolute atomic E-state index is 15.3. The van der Waals surface area contributed by atoms with Crippen molar-refractivity contribution in [3.63, 3.8) is 0 Å². The number of aliphatic hydroxyl groups excluding tert-OH is 2. The zero-order valence-corrected chi connectivity index (χ0v) is 33.7. The van der Waals surface area contributed by atoms with Crippen LogP contribution in [0.25, 0.3) is 0 Å². The third kappa shape index (κ3) is 10.9. The minimum atomic E-state index is -4.62. The Morgan fingerprint density at radius 2 is 0.906 bits per heavy atom. The number of nitrogens with zero attached hydrogens (tertiary/aromatic N) is 4. The maximum atomic E-state index is 15.3. The first-order valence-corrected chi connectivity index (χ1v) is 19.9. The lowest BCUT2D eigenvalue weighted by molar-refractivity contribution is -0.138. The molecule has 0 spiro atoms. The topological polar surface area (TPSA) is 148 Å². The molecule has 1 aliphatic heterocycles. The zero-order chi connectivity index (χ0) is 45.6. The van der Waals surface area contributed by atoms with Gasteiger partial charge in [-0.15, -0.1) is 0 Å². The van der Waals surface area contributed by atoms with Gasteiger partial charge in [0, 0.05) is 36.6 Å². The number of benzene rings is 4. The van der Waals surface area contributed by atoms with Gasteiger partial charge in [0.2, 0.25) is 0 Å². The van der Waals surface area contributed by atoms with Crippen LogP contribution in [0.15, 0.2) is 146 Å². The van der Waals surface area contributed by atoms with Crippen molar-refractivity contribution in [2.45, 2.75) is 62.6 Å². The van der Waals surface area contributed by atoms with Gasteiger partial charge in [-0.25, -0.2) is 14.8 Å². The Labute approximate surface area is 363 Å². The number of rotatable bonds is 12. The Kier molecular flexibility index (Phi) is 13.4. The molecule has 7 rings (SSSR count). The molecule has 1 aliphatic rings. The molecule has 4 amide bonds. The van der Waals surface area contributed by atoms with Gasteiger partial charge in [-0.05, 0) is 83.6 Å². The minimum Gasteiger partial charge on any atom is -0.388 e. The lowest BCUT2D eigenvalue weighted by Gasteiger charge is -2.36. The number of aromatic nitrogens is 2. The molecular weight excluding hydrogens is 843 g/mol. The van der Waals surface area contributed by atoms with Crippen molar-refractivity contribution in [1.29, 1.82) is 0 Å². The summed E-state index contributed by atoms with van der Waals surface area (Å²) in [6, 6.07) is 31.5. The zero-order valence-electron chi connectivity index (χ0n) is 33.7. The molecule has 6 aromatic rings. The van der Waals surface area contributed by atoms with Gasteiger partial charge >= 0.3 is 18.4 Å². The Hall–Kier alpha value is -7.11. The van der Waals surface area contributed by atoms with E-state index in [9.17, 15) is 46.1 Å². The first-order valence-electron chi connectivity index (χ1n) is 19.9. The van der Waals surface area contributed by atoms with Crippen molar-refractivity contribution < 1.29 is 50.9 Å². The number of aliphatic hydroxyl groups is 2. The third-order valence-electron chi connectivity index (χ3n) is 10.8. The smallest absolute Gasteiger partial charge is 0.388 e. The van der Waals surface area contributed by atoms with Gasteiger partial charge in [-0.2, -0.15) is 26.3 Å². The molecule has 4 N–H and O–H groups in total. The van der Waals surface area contributed by atoms with E-state index in [1.165, 1.54) is 34.1 Å². The van der Waals surface area contributed by atoms with E-state index in [2.05, 4.69) is 20.6 Å². The Balaban J connectivity index is 1.21. The van der Waals surface area contributed by atoms with Crippen LogP contribution >= 0.6 is 0 Å². The van der Waals surface area contributed by atoms with E-state index in [0.717, 1.165) is 35.4 Å². The standard InChI is InChI=1S/C47H40F6N6O5/c48-46(49,50)35-17-19-39(54-25-35)56-43(62)33-15-7-13-31(21-33)27-58-37(23-29-9-3-1-4-10-29)41(60)42(61)38(24-30-11-5-2-6-12-30)59(45(58)64)28-32-14-8-16-34(22-32)44(63)57-40-20-18-36(26-55-40)47(51,52)53/h1-22,25-26,37-38,41-42,60-61H,23-24,27-28H2,(H,54,56,62)(H,55,57,63)/t37-,38-,41+,42+/m1/s1. The van der Waals surface area contributed by atoms with E-state index in [-0.39, 0.29) is 48.7 Å². The highest BCUT2D eigenvalue weighted by Gasteiger charge is 2.46. The van der Waals surface area contributed by atoms with Crippen LogP contribution in [0.2, 0.25) is 0 Å². The fraction of sp³-hybridized carbons (Fsp3) is 0.213. The van der Waals surface area contributed by atoms with Crippen LogP contribution in [0.4, 0.5) is 42.8 Å². The van der Waals surface area contributed by atoms with Crippen molar-refractivity contribution in [2.75, 3.05) is 10.6 Å². The molecule has 3 heterocycles. The highest BCUT2D eigenvalue weighted by Crippen LogP contribution is 2.32. The summed E-state index contributed by atoms with van der Waals surface area (Å²) in [4.78, 5) is 52.2. The normalized spacial score (nSPS) is 18.0. The Morgan fingerprint density at radius 3 is 1.25 bits per heavy atom. The molecular formula is C47H40F6N6O5. The summed E-state index contributed by atoms with van der Waals surface area (Å²) >= 11 is 0. The molecule has 0 aliphatic carbocycles. The fourth-order valence-corrected chi connectivity index (χ4v) is 7.48. The van der Waals surface area contributed by atoms with Crippen molar-refractivity contribution in [3.05, 3.63) is 190 Å². The number of urea groups is 1. The van der Waals surface area contributed by atoms with Crippen molar-refractivity contribution in [1.82, 2.24) is 19.8 Å². The van der Waals surface area contributed by atoms with Crippen LogP contribution in [0, 0.1) is 0 Å². The summed E-state index contributed by atoms with van der Waals surface area (Å²) in [7, 11) is 0. The molecule has 4 atom stereocenters. The second kappa shape index (κ2) is 19.1. The van der Waals surface area contributed by atoms with E-state index in [1.54, 1.807) is 48.5 Å². The molecule has 4 aromatic carbocycles. The summed E-state index contributed by atoms with van der Waals surface area (Å²) in [5.74, 6) is -1.61. The predicted molar refractivity (Wildman–Crippen MR) is 224 cm³/mol. The van der Waals surface area contributed by atoms with Gasteiger partial charge in [0.1, 0.15) is 23.8 Å². The number of carbonyl (C=O) groups excluding carboxylic acids is 3. The summed E-state index contributed by atoms with van der Waals surface area (Å²) in [6.45, 7) is -0.339. The molecule has 64 heavy (non-hydrogen) atoms. The Morgan fingerprint density at radius 1 is 0.531 bits per heavy atom. The van der Waals surface area contributed by atoms with Crippen LogP contribution < -0.4 is 10.6 Å². The van der Waals surface area contributed by atoms with Gasteiger partial charge in [-0.3, -0.25) is 9.59 Å². The summed E-state index contributed by atoms with van der Waals surface area (Å²) in [5.41, 5.74) is 0.616. The fourth-order valence-electron chi connectivity index (χ4n) is 7.48. The third-order valence-corrected chi connectivity index (χ3v) is 10.8. The minimum absolute atomic E-state index is 0.0991. The van der Waals surface area contributed by atoms with Gasteiger partial charge < -0.3 is 30.6 Å². The van der Waals surface area contributed by atoms with Gasteiger partial charge in [0.05, 0.1) is 23.2 Å². The summed E-state index contributed by atoms with van der Waals surface area (Å²) < 4.78 is 78.6. The summed E-state index contributed by atoms with van der Waals surface area (Å²) in [6.07, 6.45) is -10.8. The van der Waals surface area contributed by atoms with E-state index in [1.807, 2.05) is 36.4 Å². The first-order chi connectivity index (χ1) is 30.5. The number of alkyl halides is 6. The largest absolute Gasteiger partial charge is 0.417 e. The number of amides is 4. The highest BCUT2D eigenvalue weighted by molar-refractivity contribution is 6.04. The highest BCUT2D eigenvalue weighted by atomic mass is 19.4. The van der Waals surface area contributed by atoms with Crippen LogP contribution in [-0.2, 0) is 38.3 Å². The monoisotopic (exact) mass is 882 g/mol. The number of anilines is 2. The summed E-state index contributed by atoms with van der Waals surface area (Å²) in [5, 5.41) is 29.2. The van der Waals surface area contributed by atoms with Gasteiger partial charge in [0.15, 0.2) is 0 Å². The van der Waals surface area contributed by atoms with Crippen LogP contribution in [0.5, 0.6) is 0 Å². The molecule has 0 radical (unpaired) electrons. The van der Waals surface area contributed by atoms with Crippen molar-refractivity contribution in [2.24, 2.45) is 0 Å². The molecule has 0 bridgehead atoms. The quantitative estimate of drug-likeness (QED) is 0.0903. The number of halogens is 6. The number of carbonyl (C=O) groups is 3. The molecule has 1 saturated heterocycles. The van der Waals surface area contributed by atoms with Crippen molar-refractivity contribution >= 4 is 29.5 Å². The molecule has 0 saturated carbocycles. The van der Waals surface area contributed by atoms with E-state index in [4.69, 9.17) is 0 Å². The number of nitrogens with one attached hydrogen (secondary N) is 2. The number of pyridine rings is 2. The molecule has 11 nitrogen and oxygen atoms in total. The average Bonchev–Trinajstić information content (AvgIpc) is 3.34. The maximum Gasteiger partial charge on any atom is 0.417 e. The van der Waals surface area contributed by atoms with Crippen LogP contribution in [0.3, 0.4) is 0 Å². The number of hydrogen-bond donors (Lipinski definition) is 4. The van der Waals surface area contributed by atoms with E-state index >= 15 is 4.79 Å². The second-order valence-electron chi connectivity index (χ2n) is 15.2. The molecule has 2 aromatic heterocycles. The predicted octanol–water partition coefficient (Wildman–Crippen LogP) is 8.40. The molecule has 0 unspecified atom stereocenters. The first kappa shape index (κ1) is 44.9. The lowest BCUT2D eigenvalue weighted by atomic mass is 9.90. The SMILES string of the molecule is O=C(Nc1ccc(C(F)(F)F)cn1)c1cccc(CN2C(=O)N(Cc3cccc(C(=O)Nc4ccc(C(F)(F)F)cn4)c3)[C@H](Cc3ccccc3)[C@H](O)[C@@H](O)[C@H]2Cc2ccccc2)c1. The van der Waals surface area contributed by atoms with Gasteiger partial charge in [0.25, 0.3) is 11.8 Å². The van der Waals surface area contributed by atoms with E-state index in [0.29, 0.717) is 23.5 Å². The van der Waals surface area contributed by atoms with Crippen LogP contribution in [-0.4, -0.2) is 72.1 Å². The molecule has 17 heteroatoms. The molecule has 1 fully saturated rings. The Bertz CT molecular complexity index is 2390.